The number of likely N-dealkylation sites (N-methyl/N-ethyl adjacent to an activating group) is 1. The first-order chi connectivity index (χ1) is 21.9. The first-order valence-corrected chi connectivity index (χ1v) is 14.5. The number of amides is 2. The molecule has 0 spiro atoms. The summed E-state index contributed by atoms with van der Waals surface area (Å²) in [7, 11) is 1.63. The molecule has 1 atom stereocenters. The van der Waals surface area contributed by atoms with E-state index < -0.39 is 0 Å². The Morgan fingerprint density at radius 1 is 1.04 bits per heavy atom. The minimum Gasteiger partial charge on any atom is -0.383 e. The highest BCUT2D eigenvalue weighted by molar-refractivity contribution is 6.07. The number of carbonyl (C=O) groups is 2. The Bertz CT molecular complexity index is 2100. The lowest BCUT2D eigenvalue weighted by molar-refractivity contribution is -0.113. The fraction of sp³-hybridized carbons (Fsp3) is 0.118. The number of imidazole rings is 1. The Morgan fingerprint density at radius 2 is 1.91 bits per heavy atom. The number of aryl methyl sites for hydroxylation is 1. The second-order valence-electron chi connectivity index (χ2n) is 10.7. The van der Waals surface area contributed by atoms with Crippen LogP contribution in [0.25, 0.3) is 34.1 Å². The average molecular weight is 596 g/mol. The fourth-order valence-corrected chi connectivity index (χ4v) is 5.85. The molecule has 0 radical (unpaired) electrons. The van der Waals surface area contributed by atoms with Gasteiger partial charge in [-0.25, -0.2) is 19.6 Å². The zero-order valence-electron chi connectivity index (χ0n) is 24.5. The number of fused-ring (bicyclic) bond motifs is 2. The third kappa shape index (κ3) is 4.89. The second kappa shape index (κ2) is 11.2. The molecule has 222 valence electrons. The summed E-state index contributed by atoms with van der Waals surface area (Å²) < 4.78 is 3.69. The fourth-order valence-electron chi connectivity index (χ4n) is 5.85. The summed E-state index contributed by atoms with van der Waals surface area (Å²) in [6, 6.07) is 22.4. The third-order valence-corrected chi connectivity index (χ3v) is 8.09. The van der Waals surface area contributed by atoms with E-state index in [1.165, 1.54) is 11.0 Å². The lowest BCUT2D eigenvalue weighted by Crippen LogP contribution is -2.31. The molecular weight excluding hydrogens is 566 g/mol. The smallest absolute Gasteiger partial charge is 0.253 e. The van der Waals surface area contributed by atoms with Crippen LogP contribution >= 0.6 is 0 Å². The van der Waals surface area contributed by atoms with Crippen LogP contribution in [0.2, 0.25) is 0 Å². The van der Waals surface area contributed by atoms with E-state index in [2.05, 4.69) is 28.0 Å². The number of benzene rings is 2. The minimum atomic E-state index is -0.292. The van der Waals surface area contributed by atoms with Crippen LogP contribution in [0.4, 0.5) is 11.5 Å². The number of aromatic nitrogens is 6. The van der Waals surface area contributed by atoms with E-state index in [-0.39, 0.29) is 17.9 Å². The summed E-state index contributed by atoms with van der Waals surface area (Å²) in [5.74, 6) is 1.11. The SMILES string of the molecule is C=CC(=O)N(C)c1ccccc1C(=O)N[C@H]1CCc2cc(-n3c(-c4cccnc4N)nc4ccc(-n5cccn5)nc43)ccc21. The number of carbonyl (C=O) groups excluding carboxylic acids is 2. The van der Waals surface area contributed by atoms with Crippen molar-refractivity contribution in [3.8, 4) is 22.9 Å². The number of para-hydroxylation sites is 1. The first kappa shape index (κ1) is 27.7. The minimum absolute atomic E-state index is 0.187. The number of pyridine rings is 2. The number of hydrogen-bond acceptors (Lipinski definition) is 7. The van der Waals surface area contributed by atoms with Gasteiger partial charge in [-0.3, -0.25) is 14.2 Å². The molecule has 1 aliphatic carbocycles. The topological polar surface area (TPSA) is 137 Å². The standard InChI is InChI=1S/C34H29N9O2/c1-3-30(44)41(2)28-10-5-4-8-24(28)34(45)39-26-14-11-21-20-22(12-13-23(21)26)43-32(25-9-6-17-36-31(25)35)38-27-15-16-29(40-33(27)43)42-19-7-18-37-42/h3-10,12-13,15-20,26H,1,11,14H2,2H3,(H2,35,36)(H,39,45)/t26-/m0/s1. The van der Waals surface area contributed by atoms with Gasteiger partial charge in [-0.05, 0) is 84.6 Å². The van der Waals surface area contributed by atoms with Gasteiger partial charge in [0.05, 0.1) is 22.9 Å². The van der Waals surface area contributed by atoms with E-state index in [4.69, 9.17) is 15.7 Å². The summed E-state index contributed by atoms with van der Waals surface area (Å²) in [6.07, 6.45) is 7.93. The molecule has 4 aromatic heterocycles. The lowest BCUT2D eigenvalue weighted by atomic mass is 10.1. The van der Waals surface area contributed by atoms with E-state index in [1.807, 2.05) is 53.2 Å². The number of rotatable bonds is 7. The number of nitrogens with zero attached hydrogens (tertiary/aromatic N) is 7. The Hall–Kier alpha value is -6.10. The Labute approximate surface area is 258 Å². The van der Waals surface area contributed by atoms with Crippen molar-refractivity contribution in [3.63, 3.8) is 0 Å². The van der Waals surface area contributed by atoms with Gasteiger partial charge in [0, 0.05) is 31.3 Å². The summed E-state index contributed by atoms with van der Waals surface area (Å²) in [4.78, 5) is 41.3. The zero-order chi connectivity index (χ0) is 31.1. The summed E-state index contributed by atoms with van der Waals surface area (Å²) in [5.41, 5.74) is 12.3. The van der Waals surface area contributed by atoms with Gasteiger partial charge in [0.15, 0.2) is 17.3 Å². The molecule has 0 fully saturated rings. The van der Waals surface area contributed by atoms with Crippen LogP contribution in [0, 0.1) is 0 Å². The molecule has 0 saturated carbocycles. The monoisotopic (exact) mass is 595 g/mol. The maximum atomic E-state index is 13.5. The molecule has 0 unspecified atom stereocenters. The molecular formula is C34H29N9O2. The highest BCUT2D eigenvalue weighted by Crippen LogP contribution is 2.36. The highest BCUT2D eigenvalue weighted by atomic mass is 16.2. The number of nitrogen functional groups attached to an aromatic ring is 1. The van der Waals surface area contributed by atoms with Crippen LogP contribution in [0.5, 0.6) is 0 Å². The molecule has 2 amide bonds. The largest absolute Gasteiger partial charge is 0.383 e. The van der Waals surface area contributed by atoms with Gasteiger partial charge in [0.2, 0.25) is 5.91 Å². The lowest BCUT2D eigenvalue weighted by Gasteiger charge is -2.21. The molecule has 3 N–H and O–H groups in total. The Balaban J connectivity index is 1.26. The van der Waals surface area contributed by atoms with Crippen molar-refractivity contribution in [1.29, 1.82) is 0 Å². The number of hydrogen-bond donors (Lipinski definition) is 2. The van der Waals surface area contributed by atoms with Gasteiger partial charge in [-0.2, -0.15) is 5.10 Å². The summed E-state index contributed by atoms with van der Waals surface area (Å²) in [6.45, 7) is 3.56. The molecule has 6 aromatic rings. The van der Waals surface area contributed by atoms with Crippen LogP contribution < -0.4 is 16.0 Å². The second-order valence-corrected chi connectivity index (χ2v) is 10.7. The Morgan fingerprint density at radius 3 is 2.71 bits per heavy atom. The molecule has 0 bridgehead atoms. The van der Waals surface area contributed by atoms with E-state index >= 15 is 0 Å². The molecule has 1 aliphatic rings. The zero-order valence-corrected chi connectivity index (χ0v) is 24.5. The van der Waals surface area contributed by atoms with Crippen LogP contribution in [-0.2, 0) is 11.2 Å². The van der Waals surface area contributed by atoms with E-state index in [1.54, 1.807) is 48.4 Å². The van der Waals surface area contributed by atoms with E-state index in [0.29, 0.717) is 45.4 Å². The van der Waals surface area contributed by atoms with Crippen molar-refractivity contribution in [2.45, 2.75) is 18.9 Å². The molecule has 0 saturated heterocycles. The van der Waals surface area contributed by atoms with Crippen LogP contribution in [0.15, 0.2) is 104 Å². The van der Waals surface area contributed by atoms with Crippen molar-refractivity contribution < 1.29 is 9.59 Å². The van der Waals surface area contributed by atoms with Crippen molar-refractivity contribution in [2.75, 3.05) is 17.7 Å². The third-order valence-electron chi connectivity index (χ3n) is 8.09. The summed E-state index contributed by atoms with van der Waals surface area (Å²) in [5, 5.41) is 7.53. The van der Waals surface area contributed by atoms with E-state index in [0.717, 1.165) is 29.7 Å². The molecule has 4 heterocycles. The Kier molecular flexibility index (Phi) is 6.89. The molecule has 7 rings (SSSR count). The maximum absolute atomic E-state index is 13.5. The van der Waals surface area contributed by atoms with Crippen molar-refractivity contribution in [3.05, 3.63) is 121 Å². The summed E-state index contributed by atoms with van der Waals surface area (Å²) >= 11 is 0. The van der Waals surface area contributed by atoms with Gasteiger partial charge >= 0.3 is 0 Å². The van der Waals surface area contributed by atoms with Crippen LogP contribution in [0.1, 0.15) is 33.9 Å². The van der Waals surface area contributed by atoms with Gasteiger partial charge in [0.1, 0.15) is 11.3 Å². The molecule has 11 heteroatoms. The van der Waals surface area contributed by atoms with Gasteiger partial charge in [-0.15, -0.1) is 0 Å². The number of anilines is 2. The van der Waals surface area contributed by atoms with Gasteiger partial charge < -0.3 is 16.0 Å². The van der Waals surface area contributed by atoms with Gasteiger partial charge in [0.25, 0.3) is 5.91 Å². The molecule has 2 aromatic carbocycles. The highest BCUT2D eigenvalue weighted by Gasteiger charge is 2.27. The first-order valence-electron chi connectivity index (χ1n) is 14.5. The van der Waals surface area contributed by atoms with E-state index in [9.17, 15) is 9.59 Å². The number of nitrogens with two attached hydrogens (primary N) is 1. The number of nitrogens with one attached hydrogen (secondary N) is 1. The van der Waals surface area contributed by atoms with Crippen molar-refractivity contribution >= 4 is 34.5 Å². The van der Waals surface area contributed by atoms with Crippen molar-refractivity contribution in [2.24, 2.45) is 0 Å². The van der Waals surface area contributed by atoms with Crippen molar-refractivity contribution in [1.82, 2.24) is 34.6 Å². The van der Waals surface area contributed by atoms with Crippen LogP contribution in [0.3, 0.4) is 0 Å². The normalized spacial score (nSPS) is 13.8. The molecule has 11 nitrogen and oxygen atoms in total. The predicted molar refractivity (Wildman–Crippen MR) is 172 cm³/mol. The van der Waals surface area contributed by atoms with Crippen LogP contribution in [-0.4, -0.2) is 48.2 Å². The predicted octanol–water partition coefficient (Wildman–Crippen LogP) is 4.82. The maximum Gasteiger partial charge on any atom is 0.253 e. The molecule has 45 heavy (non-hydrogen) atoms. The van der Waals surface area contributed by atoms with Gasteiger partial charge in [-0.1, -0.05) is 24.8 Å². The average Bonchev–Trinajstić information content (AvgIpc) is 3.83. The molecule has 0 aliphatic heterocycles. The quantitative estimate of drug-likeness (QED) is 0.253.